The molecule has 6 heteroatoms. The number of carbonyl (C=O) groups is 2. The first-order valence-electron chi connectivity index (χ1n) is 5.52. The van der Waals surface area contributed by atoms with Gasteiger partial charge < -0.3 is 15.2 Å². The lowest BCUT2D eigenvalue weighted by Gasteiger charge is -2.21. The van der Waals surface area contributed by atoms with Crippen molar-refractivity contribution in [2.45, 2.75) is 32.1 Å². The average Bonchev–Trinajstić information content (AvgIpc) is 2.83. The molecule has 0 spiro atoms. The monoisotopic (exact) mass is 242 g/mol. The Morgan fingerprint density at radius 3 is 2.76 bits per heavy atom. The van der Waals surface area contributed by atoms with Crippen molar-refractivity contribution in [3.8, 4) is 0 Å². The molecule has 2 amide bonds. The van der Waals surface area contributed by atoms with Crippen LogP contribution in [0, 0.1) is 0 Å². The molecule has 0 aromatic carbocycles. The highest BCUT2D eigenvalue weighted by atomic mass is 16.5. The van der Waals surface area contributed by atoms with Crippen LogP contribution in [0.4, 0.5) is 0 Å². The molecule has 1 aliphatic rings. The number of ether oxygens (including phenoxy) is 1. The molecule has 0 bridgehead atoms. The van der Waals surface area contributed by atoms with Gasteiger partial charge in [0, 0.05) is 18.8 Å². The molecule has 2 N–H and O–H groups in total. The Balaban J connectivity index is 2.66. The molecule has 1 aliphatic heterocycles. The Morgan fingerprint density at radius 1 is 1.59 bits per heavy atom. The fraction of sp³-hybridized carbons (Fsp3) is 0.636. The number of hydrogen-bond acceptors (Lipinski definition) is 4. The number of carbonyl (C=O) groups excluding carboxylic acids is 2. The minimum atomic E-state index is -0.399. The number of nitrogens with zero attached hydrogens (tertiary/aromatic N) is 1. The summed E-state index contributed by atoms with van der Waals surface area (Å²) in [7, 11) is 1.53. The van der Waals surface area contributed by atoms with Crippen LogP contribution in [0.15, 0.2) is 11.8 Å². The Labute approximate surface area is 100 Å². The molecule has 0 aliphatic carbocycles. The molecular formula is C11H18N2O4. The van der Waals surface area contributed by atoms with E-state index < -0.39 is 6.23 Å². The van der Waals surface area contributed by atoms with E-state index in [0.29, 0.717) is 24.8 Å². The summed E-state index contributed by atoms with van der Waals surface area (Å²) in [6, 6.07) is 0. The fourth-order valence-electron chi connectivity index (χ4n) is 1.70. The van der Waals surface area contributed by atoms with Gasteiger partial charge in [-0.25, -0.2) is 0 Å². The molecule has 17 heavy (non-hydrogen) atoms. The molecule has 2 atom stereocenters. The van der Waals surface area contributed by atoms with Crippen molar-refractivity contribution in [2.75, 3.05) is 13.7 Å². The van der Waals surface area contributed by atoms with Crippen LogP contribution in [0.3, 0.4) is 0 Å². The summed E-state index contributed by atoms with van der Waals surface area (Å²) >= 11 is 0. The maximum absolute atomic E-state index is 11.3. The zero-order chi connectivity index (χ0) is 12.8. The largest absolute Gasteiger partial charge is 0.394 e. The predicted octanol–water partition coefficient (Wildman–Crippen LogP) is -0.408. The summed E-state index contributed by atoms with van der Waals surface area (Å²) in [6.07, 6.45) is 2.81. The van der Waals surface area contributed by atoms with Crippen LogP contribution in [0.2, 0.25) is 0 Å². The van der Waals surface area contributed by atoms with Gasteiger partial charge in [-0.15, -0.1) is 0 Å². The lowest BCUT2D eigenvalue weighted by molar-refractivity contribution is -0.127. The molecule has 1 fully saturated rings. The summed E-state index contributed by atoms with van der Waals surface area (Å²) in [5.74, 6) is -0.242. The third-order valence-corrected chi connectivity index (χ3v) is 2.67. The highest BCUT2D eigenvalue weighted by molar-refractivity contribution is 5.92. The summed E-state index contributed by atoms with van der Waals surface area (Å²) in [5.41, 5.74) is 0.427. The van der Waals surface area contributed by atoms with Gasteiger partial charge in [0.1, 0.15) is 6.23 Å². The minimum absolute atomic E-state index is 0.0542. The summed E-state index contributed by atoms with van der Waals surface area (Å²) in [6.45, 7) is 1.56. The van der Waals surface area contributed by atoms with Crippen LogP contribution < -0.4 is 5.32 Å². The van der Waals surface area contributed by atoms with Gasteiger partial charge in [-0.05, 0) is 19.8 Å². The SMILES string of the molecule is CNC(=O)/C(C)=C\N(C=O)C1CCC(CO)O1. The molecule has 2 unspecified atom stereocenters. The first kappa shape index (κ1) is 13.7. The normalized spacial score (nSPS) is 24.5. The van der Waals surface area contributed by atoms with Crippen LogP contribution in [0.1, 0.15) is 19.8 Å². The number of aliphatic hydroxyl groups excluding tert-OH is 1. The molecular weight excluding hydrogens is 224 g/mol. The van der Waals surface area contributed by atoms with Crippen molar-refractivity contribution in [1.29, 1.82) is 0 Å². The zero-order valence-electron chi connectivity index (χ0n) is 10.0. The van der Waals surface area contributed by atoms with Crippen LogP contribution in [-0.2, 0) is 14.3 Å². The van der Waals surface area contributed by atoms with Crippen molar-refractivity contribution in [1.82, 2.24) is 10.2 Å². The first-order valence-corrected chi connectivity index (χ1v) is 5.52. The van der Waals surface area contributed by atoms with E-state index in [2.05, 4.69) is 5.32 Å². The molecule has 1 saturated heterocycles. The third kappa shape index (κ3) is 3.54. The van der Waals surface area contributed by atoms with E-state index in [-0.39, 0.29) is 18.6 Å². The van der Waals surface area contributed by atoms with E-state index in [9.17, 15) is 9.59 Å². The Bertz CT molecular complexity index is 317. The van der Waals surface area contributed by atoms with Gasteiger partial charge in [0.15, 0.2) is 0 Å². The second-order valence-electron chi connectivity index (χ2n) is 3.92. The molecule has 0 radical (unpaired) electrons. The zero-order valence-corrected chi connectivity index (χ0v) is 10.0. The maximum atomic E-state index is 11.3. The first-order chi connectivity index (χ1) is 8.12. The van der Waals surface area contributed by atoms with Crippen LogP contribution >= 0.6 is 0 Å². The van der Waals surface area contributed by atoms with Gasteiger partial charge >= 0.3 is 0 Å². The van der Waals surface area contributed by atoms with Gasteiger partial charge in [0.05, 0.1) is 12.7 Å². The van der Waals surface area contributed by atoms with E-state index >= 15 is 0 Å². The number of hydrogen-bond donors (Lipinski definition) is 2. The van der Waals surface area contributed by atoms with Crippen molar-refractivity contribution in [2.24, 2.45) is 0 Å². The lowest BCUT2D eigenvalue weighted by atomic mass is 10.2. The summed E-state index contributed by atoms with van der Waals surface area (Å²) < 4.78 is 5.45. The second-order valence-corrected chi connectivity index (χ2v) is 3.92. The number of amides is 2. The van der Waals surface area contributed by atoms with E-state index in [1.807, 2.05) is 0 Å². The van der Waals surface area contributed by atoms with Gasteiger partial charge in [0.2, 0.25) is 12.3 Å². The van der Waals surface area contributed by atoms with E-state index in [1.165, 1.54) is 18.1 Å². The second kappa shape index (κ2) is 6.36. The van der Waals surface area contributed by atoms with Crippen LogP contribution in [0.5, 0.6) is 0 Å². The average molecular weight is 242 g/mol. The van der Waals surface area contributed by atoms with Gasteiger partial charge in [-0.2, -0.15) is 0 Å². The van der Waals surface area contributed by atoms with Gasteiger partial charge in [-0.3, -0.25) is 14.5 Å². The highest BCUT2D eigenvalue weighted by Crippen LogP contribution is 2.22. The molecule has 6 nitrogen and oxygen atoms in total. The third-order valence-electron chi connectivity index (χ3n) is 2.67. The number of likely N-dealkylation sites (N-methyl/N-ethyl adjacent to an activating group) is 1. The Hall–Kier alpha value is -1.40. The fourth-order valence-corrected chi connectivity index (χ4v) is 1.70. The van der Waals surface area contributed by atoms with Crippen molar-refractivity contribution >= 4 is 12.3 Å². The van der Waals surface area contributed by atoms with Gasteiger partial charge in [-0.1, -0.05) is 0 Å². The topological polar surface area (TPSA) is 78.9 Å². The molecule has 0 saturated carbocycles. The van der Waals surface area contributed by atoms with Crippen molar-refractivity contribution in [3.05, 3.63) is 11.8 Å². The van der Waals surface area contributed by atoms with Crippen LogP contribution in [0.25, 0.3) is 0 Å². The predicted molar refractivity (Wildman–Crippen MR) is 60.7 cm³/mol. The van der Waals surface area contributed by atoms with Crippen molar-refractivity contribution in [3.63, 3.8) is 0 Å². The smallest absolute Gasteiger partial charge is 0.248 e. The molecule has 1 heterocycles. The van der Waals surface area contributed by atoms with Crippen molar-refractivity contribution < 1.29 is 19.4 Å². The number of nitrogens with one attached hydrogen (secondary N) is 1. The lowest BCUT2D eigenvalue weighted by Crippen LogP contribution is -2.31. The standard InChI is InChI=1S/C11H18N2O4/c1-8(11(16)12-2)5-13(7-15)10-4-3-9(6-14)17-10/h5,7,9-10,14H,3-4,6H2,1-2H3,(H,12,16)/b8-5-. The van der Waals surface area contributed by atoms with Gasteiger partial charge in [0.25, 0.3) is 0 Å². The van der Waals surface area contributed by atoms with E-state index in [0.717, 1.165) is 0 Å². The summed E-state index contributed by atoms with van der Waals surface area (Å²) in [5, 5.41) is 11.4. The minimum Gasteiger partial charge on any atom is -0.394 e. The highest BCUT2D eigenvalue weighted by Gasteiger charge is 2.28. The quantitative estimate of drug-likeness (QED) is 0.507. The van der Waals surface area contributed by atoms with Crippen LogP contribution in [-0.4, -0.2) is 48.3 Å². The molecule has 96 valence electrons. The Morgan fingerprint density at radius 2 is 2.29 bits per heavy atom. The Kier molecular flexibility index (Phi) is 5.11. The summed E-state index contributed by atoms with van der Waals surface area (Å²) in [4.78, 5) is 23.6. The molecule has 0 aromatic rings. The number of aliphatic hydroxyl groups is 1. The van der Waals surface area contributed by atoms with E-state index in [1.54, 1.807) is 6.92 Å². The maximum Gasteiger partial charge on any atom is 0.248 e. The molecule has 1 rings (SSSR count). The number of rotatable bonds is 5. The molecule has 0 aromatic heterocycles. The van der Waals surface area contributed by atoms with E-state index in [4.69, 9.17) is 9.84 Å².